The van der Waals surface area contributed by atoms with Crippen molar-refractivity contribution >= 4 is 16.9 Å². The third kappa shape index (κ3) is 3.11. The van der Waals surface area contributed by atoms with Crippen LogP contribution in [0, 0.1) is 0 Å². The number of fused-ring (bicyclic) bond motifs is 1. The van der Waals surface area contributed by atoms with Gasteiger partial charge in [-0.2, -0.15) is 0 Å². The van der Waals surface area contributed by atoms with E-state index in [1.54, 1.807) is 23.3 Å². The lowest BCUT2D eigenvalue weighted by Crippen LogP contribution is -2.34. The van der Waals surface area contributed by atoms with Crippen molar-refractivity contribution in [2.24, 2.45) is 0 Å². The molecule has 5 nitrogen and oxygen atoms in total. The minimum Gasteiger partial charge on any atom is -0.459 e. The molecule has 5 heteroatoms. The fraction of sp³-hybridized carbons (Fsp3) is 0.143. The Balaban J connectivity index is 1.68. The van der Waals surface area contributed by atoms with Crippen molar-refractivity contribution in [3.63, 3.8) is 0 Å². The number of benzene rings is 2. The van der Waals surface area contributed by atoms with Crippen LogP contribution in [-0.4, -0.2) is 15.5 Å². The van der Waals surface area contributed by atoms with Crippen molar-refractivity contribution in [2.45, 2.75) is 19.0 Å². The number of aromatic nitrogens is 2. The maximum atomic E-state index is 12.8. The molecule has 0 saturated carbocycles. The van der Waals surface area contributed by atoms with Crippen molar-refractivity contribution in [2.75, 3.05) is 0 Å². The normalized spacial score (nSPS) is 13.4. The summed E-state index contributed by atoms with van der Waals surface area (Å²) in [6, 6.07) is 18.9. The smallest absolute Gasteiger partial charge is 0.243 e. The highest BCUT2D eigenvalue weighted by Gasteiger charge is 2.24. The molecule has 0 aliphatic carbocycles. The highest BCUT2D eigenvalue weighted by molar-refractivity contribution is 5.82. The highest BCUT2D eigenvalue weighted by Crippen LogP contribution is 2.28. The molecule has 4 rings (SSSR count). The largest absolute Gasteiger partial charge is 0.459 e. The average Bonchev–Trinajstić information content (AvgIpc) is 3.35. The monoisotopic (exact) mass is 345 g/mol. The lowest BCUT2D eigenvalue weighted by molar-refractivity contribution is -0.124. The number of carbonyl (C=O) groups is 1. The van der Waals surface area contributed by atoms with Gasteiger partial charge in [-0.15, -0.1) is 0 Å². The van der Waals surface area contributed by atoms with Gasteiger partial charge in [-0.3, -0.25) is 4.79 Å². The summed E-state index contributed by atoms with van der Waals surface area (Å²) in [5, 5.41) is 4.13. The van der Waals surface area contributed by atoms with Gasteiger partial charge >= 0.3 is 0 Å². The number of nitrogens with one attached hydrogen (secondary N) is 1. The van der Waals surface area contributed by atoms with Crippen molar-refractivity contribution in [1.29, 1.82) is 0 Å². The van der Waals surface area contributed by atoms with E-state index in [4.69, 9.17) is 4.42 Å². The summed E-state index contributed by atoms with van der Waals surface area (Å²) in [6.07, 6.45) is 5.09. The van der Waals surface area contributed by atoms with Crippen molar-refractivity contribution < 1.29 is 9.21 Å². The summed E-state index contributed by atoms with van der Waals surface area (Å²) in [6.45, 7) is 1.84. The molecule has 0 spiro atoms. The molecule has 2 aromatic heterocycles. The number of nitrogens with zero attached hydrogens (tertiary/aromatic N) is 2. The molecule has 0 aliphatic rings. The second kappa shape index (κ2) is 6.88. The van der Waals surface area contributed by atoms with Gasteiger partial charge in [0.25, 0.3) is 0 Å². The van der Waals surface area contributed by atoms with Crippen molar-refractivity contribution in [3.8, 4) is 0 Å². The zero-order valence-electron chi connectivity index (χ0n) is 14.4. The average molecular weight is 345 g/mol. The molecule has 0 fully saturated rings. The topological polar surface area (TPSA) is 60.1 Å². The first kappa shape index (κ1) is 16.1. The van der Waals surface area contributed by atoms with Gasteiger partial charge < -0.3 is 14.3 Å². The number of imidazole rings is 1. The summed E-state index contributed by atoms with van der Waals surface area (Å²) in [7, 11) is 0. The van der Waals surface area contributed by atoms with Crippen LogP contribution in [0.5, 0.6) is 0 Å². The molecule has 1 N–H and O–H groups in total. The van der Waals surface area contributed by atoms with Crippen LogP contribution in [0.3, 0.4) is 0 Å². The van der Waals surface area contributed by atoms with E-state index in [-0.39, 0.29) is 18.0 Å². The van der Waals surface area contributed by atoms with E-state index in [0.29, 0.717) is 5.76 Å². The first-order valence-electron chi connectivity index (χ1n) is 8.53. The van der Waals surface area contributed by atoms with Gasteiger partial charge in [0.2, 0.25) is 5.91 Å². The third-order valence-corrected chi connectivity index (χ3v) is 4.50. The first-order chi connectivity index (χ1) is 12.7. The van der Waals surface area contributed by atoms with E-state index >= 15 is 0 Å². The Morgan fingerprint density at radius 2 is 1.88 bits per heavy atom. The van der Waals surface area contributed by atoms with E-state index in [1.165, 1.54) is 0 Å². The van der Waals surface area contributed by atoms with E-state index in [9.17, 15) is 4.79 Å². The molecule has 130 valence electrons. The highest BCUT2D eigenvalue weighted by atomic mass is 16.3. The number of hydrogen-bond acceptors (Lipinski definition) is 3. The fourth-order valence-electron chi connectivity index (χ4n) is 3.01. The predicted molar refractivity (Wildman–Crippen MR) is 99.6 cm³/mol. The molecule has 0 aliphatic heterocycles. The molecule has 0 saturated heterocycles. The molecule has 0 bridgehead atoms. The Hall–Kier alpha value is -3.34. The zero-order valence-corrected chi connectivity index (χ0v) is 14.4. The Kier molecular flexibility index (Phi) is 4.27. The van der Waals surface area contributed by atoms with Crippen molar-refractivity contribution in [1.82, 2.24) is 14.9 Å². The molecule has 2 aromatic carbocycles. The van der Waals surface area contributed by atoms with Gasteiger partial charge in [0, 0.05) is 17.8 Å². The van der Waals surface area contributed by atoms with Gasteiger partial charge in [-0.25, -0.2) is 4.98 Å². The van der Waals surface area contributed by atoms with Crippen LogP contribution >= 0.6 is 0 Å². The minimum absolute atomic E-state index is 0.0997. The SMILES string of the molecule is C[C@@H](C(=O)N[C@@H](c1ccccc1)c1cc2ccccc2o1)n1ccnc1. The van der Waals surface area contributed by atoms with Gasteiger partial charge in [-0.1, -0.05) is 48.5 Å². The maximum Gasteiger partial charge on any atom is 0.243 e. The van der Waals surface area contributed by atoms with Crippen LogP contribution in [0.4, 0.5) is 0 Å². The molecule has 26 heavy (non-hydrogen) atoms. The van der Waals surface area contributed by atoms with Crippen LogP contribution in [-0.2, 0) is 4.79 Å². The van der Waals surface area contributed by atoms with Gasteiger partial charge in [0.1, 0.15) is 23.4 Å². The number of amides is 1. The number of carbonyl (C=O) groups excluding carboxylic acids is 1. The summed E-state index contributed by atoms with van der Waals surface area (Å²) >= 11 is 0. The molecule has 2 heterocycles. The van der Waals surface area contributed by atoms with Gasteiger partial charge in [-0.05, 0) is 24.6 Å². The predicted octanol–water partition coefficient (Wildman–Crippen LogP) is 4.10. The van der Waals surface area contributed by atoms with E-state index in [0.717, 1.165) is 16.5 Å². The molecule has 0 radical (unpaired) electrons. The molecular weight excluding hydrogens is 326 g/mol. The minimum atomic E-state index is -0.368. The molecular formula is C21H19N3O2. The quantitative estimate of drug-likeness (QED) is 0.592. The third-order valence-electron chi connectivity index (χ3n) is 4.50. The number of rotatable bonds is 5. The fourth-order valence-corrected chi connectivity index (χ4v) is 3.01. The van der Waals surface area contributed by atoms with Gasteiger partial charge in [0.15, 0.2) is 0 Å². The van der Waals surface area contributed by atoms with E-state index in [1.807, 2.05) is 67.6 Å². The number of hydrogen-bond donors (Lipinski definition) is 1. The summed E-state index contributed by atoms with van der Waals surface area (Å²) in [5.74, 6) is 0.612. The molecule has 4 aromatic rings. The van der Waals surface area contributed by atoms with Crippen LogP contribution in [0.15, 0.2) is 83.8 Å². The van der Waals surface area contributed by atoms with Gasteiger partial charge in [0.05, 0.1) is 6.33 Å². The van der Waals surface area contributed by atoms with Crippen LogP contribution in [0.2, 0.25) is 0 Å². The summed E-state index contributed by atoms with van der Waals surface area (Å²) in [4.78, 5) is 16.8. The standard InChI is InChI=1S/C21H19N3O2/c1-15(24-12-11-22-14-24)21(25)23-20(16-7-3-2-4-8-16)19-13-17-9-5-6-10-18(17)26-19/h2-15,20H,1H3,(H,23,25)/t15-,20-/m0/s1. The van der Waals surface area contributed by atoms with E-state index < -0.39 is 0 Å². The van der Waals surface area contributed by atoms with E-state index in [2.05, 4.69) is 10.3 Å². The second-order valence-corrected chi connectivity index (χ2v) is 6.22. The number of furan rings is 1. The van der Waals surface area contributed by atoms with Crippen LogP contribution in [0.25, 0.3) is 11.0 Å². The molecule has 1 amide bonds. The number of para-hydroxylation sites is 1. The van der Waals surface area contributed by atoms with Crippen molar-refractivity contribution in [3.05, 3.63) is 90.7 Å². The maximum absolute atomic E-state index is 12.8. The zero-order chi connectivity index (χ0) is 17.9. The second-order valence-electron chi connectivity index (χ2n) is 6.22. The molecule has 2 atom stereocenters. The lowest BCUT2D eigenvalue weighted by Gasteiger charge is -2.20. The Morgan fingerprint density at radius 3 is 2.62 bits per heavy atom. The van der Waals surface area contributed by atoms with Crippen LogP contribution in [0.1, 0.15) is 30.3 Å². The molecule has 0 unspecified atom stereocenters. The Bertz CT molecular complexity index is 973. The Labute approximate surface area is 151 Å². The summed E-state index contributed by atoms with van der Waals surface area (Å²) in [5.41, 5.74) is 1.78. The Morgan fingerprint density at radius 1 is 1.12 bits per heavy atom. The summed E-state index contributed by atoms with van der Waals surface area (Å²) < 4.78 is 7.80. The first-order valence-corrected chi connectivity index (χ1v) is 8.53. The van der Waals surface area contributed by atoms with Crippen LogP contribution < -0.4 is 5.32 Å². The lowest BCUT2D eigenvalue weighted by atomic mass is 10.0.